The molecule has 0 aromatic heterocycles. The Kier molecular flexibility index (Phi) is 4.72. The van der Waals surface area contributed by atoms with Gasteiger partial charge in [0.2, 0.25) is 0 Å². The van der Waals surface area contributed by atoms with E-state index in [1.165, 1.54) is 16.3 Å². The van der Waals surface area contributed by atoms with Crippen LogP contribution in [0.4, 0.5) is 0 Å². The molecule has 1 saturated heterocycles. The average Bonchev–Trinajstić information content (AvgIpc) is 2.57. The number of fused-ring (bicyclic) bond motifs is 1. The first-order valence-corrected chi connectivity index (χ1v) is 8.07. The van der Waals surface area contributed by atoms with E-state index < -0.39 is 0 Å². The molecule has 0 aliphatic carbocycles. The zero-order valence-corrected chi connectivity index (χ0v) is 13.2. The molecule has 3 heteroatoms. The molecule has 1 heterocycles. The molecular weight excluding hydrogens is 270 g/mol. The fourth-order valence-electron chi connectivity index (χ4n) is 3.23. The second kappa shape index (κ2) is 6.91. The highest BCUT2D eigenvalue weighted by atomic mass is 15.3. The maximum Gasteiger partial charge on any atom is 0.0666 e. The van der Waals surface area contributed by atoms with E-state index in [1.54, 1.807) is 0 Å². The number of hydrogen-bond donors (Lipinski definition) is 0. The molecule has 1 fully saturated rings. The summed E-state index contributed by atoms with van der Waals surface area (Å²) >= 11 is 0. The lowest BCUT2D eigenvalue weighted by atomic mass is 10.0. The molecule has 22 heavy (non-hydrogen) atoms. The van der Waals surface area contributed by atoms with Crippen molar-refractivity contribution >= 4 is 10.8 Å². The highest BCUT2D eigenvalue weighted by Crippen LogP contribution is 2.20. The standard InChI is InChI=1S/C19H23N3/c1-16(13-20)14-21-9-11-22(12-10-21)15-18-7-4-6-17-5-2-3-8-19(17)18/h2-8,16H,9-12,14-15H2,1H3/t16-/m0/s1. The van der Waals surface area contributed by atoms with E-state index >= 15 is 0 Å². The predicted molar refractivity (Wildman–Crippen MR) is 90.4 cm³/mol. The minimum absolute atomic E-state index is 0.129. The van der Waals surface area contributed by atoms with Crippen molar-refractivity contribution in [1.82, 2.24) is 9.80 Å². The molecule has 0 amide bonds. The van der Waals surface area contributed by atoms with Gasteiger partial charge in [-0.2, -0.15) is 5.26 Å². The molecule has 3 rings (SSSR count). The molecular formula is C19H23N3. The molecule has 0 N–H and O–H groups in total. The SMILES string of the molecule is C[C@@H](C#N)CN1CCN(Cc2cccc3ccccc23)CC1. The third-order valence-corrected chi connectivity index (χ3v) is 4.49. The Hall–Kier alpha value is -1.89. The predicted octanol–water partition coefficient (Wildman–Crippen LogP) is 3.12. The van der Waals surface area contributed by atoms with Crippen molar-refractivity contribution in [1.29, 1.82) is 5.26 Å². The van der Waals surface area contributed by atoms with Crippen molar-refractivity contribution in [2.45, 2.75) is 13.5 Å². The summed E-state index contributed by atoms with van der Waals surface area (Å²) in [5.74, 6) is 0.129. The first-order valence-electron chi connectivity index (χ1n) is 8.07. The van der Waals surface area contributed by atoms with Crippen LogP contribution in [0.3, 0.4) is 0 Å². The summed E-state index contributed by atoms with van der Waals surface area (Å²) in [5.41, 5.74) is 1.41. The van der Waals surface area contributed by atoms with Crippen molar-refractivity contribution < 1.29 is 0 Å². The molecule has 114 valence electrons. The minimum Gasteiger partial charge on any atom is -0.300 e. The van der Waals surface area contributed by atoms with E-state index in [0.717, 1.165) is 39.3 Å². The lowest BCUT2D eigenvalue weighted by Gasteiger charge is -2.35. The van der Waals surface area contributed by atoms with Crippen LogP contribution in [-0.4, -0.2) is 42.5 Å². The summed E-state index contributed by atoms with van der Waals surface area (Å²) in [6.07, 6.45) is 0. The van der Waals surface area contributed by atoms with E-state index in [9.17, 15) is 0 Å². The van der Waals surface area contributed by atoms with Crippen molar-refractivity contribution in [3.05, 3.63) is 48.0 Å². The van der Waals surface area contributed by atoms with Gasteiger partial charge in [0.05, 0.1) is 12.0 Å². The molecule has 1 atom stereocenters. The second-order valence-electron chi connectivity index (χ2n) is 6.25. The third kappa shape index (κ3) is 3.47. The zero-order chi connectivity index (χ0) is 15.4. The van der Waals surface area contributed by atoms with E-state index in [-0.39, 0.29) is 5.92 Å². The van der Waals surface area contributed by atoms with Crippen molar-refractivity contribution in [3.8, 4) is 6.07 Å². The Morgan fingerprint density at radius 2 is 1.68 bits per heavy atom. The molecule has 2 aromatic carbocycles. The van der Waals surface area contributed by atoms with Crippen LogP contribution >= 0.6 is 0 Å². The molecule has 1 aliphatic rings. The van der Waals surface area contributed by atoms with Crippen LogP contribution in [-0.2, 0) is 6.54 Å². The molecule has 2 aromatic rings. The number of nitriles is 1. The molecule has 3 nitrogen and oxygen atoms in total. The largest absolute Gasteiger partial charge is 0.300 e. The summed E-state index contributed by atoms with van der Waals surface area (Å²) in [7, 11) is 0. The van der Waals surface area contributed by atoms with Crippen LogP contribution in [0.15, 0.2) is 42.5 Å². The summed E-state index contributed by atoms with van der Waals surface area (Å²) in [6.45, 7) is 8.22. The second-order valence-corrected chi connectivity index (χ2v) is 6.25. The summed E-state index contributed by atoms with van der Waals surface area (Å²) < 4.78 is 0. The van der Waals surface area contributed by atoms with Crippen LogP contribution in [0.5, 0.6) is 0 Å². The zero-order valence-electron chi connectivity index (χ0n) is 13.2. The minimum atomic E-state index is 0.129. The summed E-state index contributed by atoms with van der Waals surface area (Å²) in [5, 5.41) is 11.6. The van der Waals surface area contributed by atoms with Gasteiger partial charge in [-0.3, -0.25) is 9.80 Å². The molecule has 0 saturated carbocycles. The monoisotopic (exact) mass is 293 g/mol. The molecule has 0 unspecified atom stereocenters. The van der Waals surface area contributed by atoms with Gasteiger partial charge in [-0.25, -0.2) is 0 Å². The van der Waals surface area contributed by atoms with E-state index in [4.69, 9.17) is 5.26 Å². The fraction of sp³-hybridized carbons (Fsp3) is 0.421. The topological polar surface area (TPSA) is 30.3 Å². The van der Waals surface area contributed by atoms with Crippen molar-refractivity contribution in [2.24, 2.45) is 5.92 Å². The summed E-state index contributed by atoms with van der Waals surface area (Å²) in [4.78, 5) is 4.93. The van der Waals surface area contributed by atoms with Crippen LogP contribution in [0.2, 0.25) is 0 Å². The lowest BCUT2D eigenvalue weighted by molar-refractivity contribution is 0.121. The van der Waals surface area contributed by atoms with Gasteiger partial charge in [-0.05, 0) is 23.3 Å². The number of piperazine rings is 1. The third-order valence-electron chi connectivity index (χ3n) is 4.49. The van der Waals surface area contributed by atoms with Gasteiger partial charge in [-0.1, -0.05) is 42.5 Å². The molecule has 0 radical (unpaired) electrons. The number of nitrogens with zero attached hydrogens (tertiary/aromatic N) is 3. The Balaban J connectivity index is 1.62. The highest BCUT2D eigenvalue weighted by molar-refractivity contribution is 5.85. The first-order chi connectivity index (χ1) is 10.8. The molecule has 1 aliphatic heterocycles. The van der Waals surface area contributed by atoms with E-state index in [2.05, 4.69) is 58.3 Å². The summed E-state index contributed by atoms with van der Waals surface area (Å²) in [6, 6.07) is 17.5. The first kappa shape index (κ1) is 15.0. The van der Waals surface area contributed by atoms with Gasteiger partial charge in [0.1, 0.15) is 0 Å². The molecule has 0 bridgehead atoms. The average molecular weight is 293 g/mol. The van der Waals surface area contributed by atoms with Gasteiger partial charge in [0, 0.05) is 39.3 Å². The van der Waals surface area contributed by atoms with Crippen LogP contribution in [0, 0.1) is 17.2 Å². The van der Waals surface area contributed by atoms with Crippen molar-refractivity contribution in [3.63, 3.8) is 0 Å². The smallest absolute Gasteiger partial charge is 0.0666 e. The number of benzene rings is 2. The van der Waals surface area contributed by atoms with Crippen LogP contribution in [0.25, 0.3) is 10.8 Å². The number of hydrogen-bond acceptors (Lipinski definition) is 3. The maximum atomic E-state index is 8.93. The Morgan fingerprint density at radius 1 is 1.00 bits per heavy atom. The fourth-order valence-corrected chi connectivity index (χ4v) is 3.23. The van der Waals surface area contributed by atoms with Gasteiger partial charge in [-0.15, -0.1) is 0 Å². The van der Waals surface area contributed by atoms with Crippen LogP contribution < -0.4 is 0 Å². The Bertz CT molecular complexity index is 660. The van der Waals surface area contributed by atoms with E-state index in [1.807, 2.05) is 6.92 Å². The Morgan fingerprint density at radius 3 is 2.45 bits per heavy atom. The van der Waals surface area contributed by atoms with E-state index in [0.29, 0.717) is 0 Å². The van der Waals surface area contributed by atoms with Gasteiger partial charge >= 0.3 is 0 Å². The number of rotatable bonds is 4. The molecule has 0 spiro atoms. The maximum absolute atomic E-state index is 8.93. The van der Waals surface area contributed by atoms with Crippen LogP contribution in [0.1, 0.15) is 12.5 Å². The van der Waals surface area contributed by atoms with Gasteiger partial charge in [0.15, 0.2) is 0 Å². The highest BCUT2D eigenvalue weighted by Gasteiger charge is 2.18. The van der Waals surface area contributed by atoms with Gasteiger partial charge < -0.3 is 0 Å². The Labute approximate surface area is 132 Å². The lowest BCUT2D eigenvalue weighted by Crippen LogP contribution is -2.47. The quantitative estimate of drug-likeness (QED) is 0.867. The normalized spacial score (nSPS) is 18.2. The van der Waals surface area contributed by atoms with Gasteiger partial charge in [0.25, 0.3) is 0 Å². The van der Waals surface area contributed by atoms with Crippen molar-refractivity contribution in [2.75, 3.05) is 32.7 Å².